The summed E-state index contributed by atoms with van der Waals surface area (Å²) >= 11 is 3.23. The predicted molar refractivity (Wildman–Crippen MR) is 134 cm³/mol. The fourth-order valence-electron chi connectivity index (χ4n) is 2.92. The van der Waals surface area contributed by atoms with Crippen LogP contribution in [0.2, 0.25) is 0 Å². The van der Waals surface area contributed by atoms with E-state index in [4.69, 9.17) is 19.8 Å². The second-order valence-corrected chi connectivity index (χ2v) is 11.3. The number of benzene rings is 2. The highest BCUT2D eigenvalue weighted by atomic mass is 79.9. The van der Waals surface area contributed by atoms with Gasteiger partial charge in [0.05, 0.1) is 13.2 Å². The molecule has 4 N–H and O–H groups in total. The first-order valence-corrected chi connectivity index (χ1v) is 14.2. The van der Waals surface area contributed by atoms with Crippen molar-refractivity contribution in [1.82, 2.24) is 0 Å². The molecule has 0 bridgehead atoms. The molecule has 2 rings (SSSR count). The molecule has 0 aromatic heterocycles. The lowest BCUT2D eigenvalue weighted by atomic mass is 10.1. The number of hydrogen-bond donors (Lipinski definition) is 2. The number of sulfonamides is 2. The molecule has 0 aliphatic rings. The molecule has 0 amide bonds. The zero-order valence-electron chi connectivity index (χ0n) is 19.8. The Hall–Kier alpha value is -2.32. The summed E-state index contributed by atoms with van der Waals surface area (Å²) in [6, 6.07) is 7.33. The summed E-state index contributed by atoms with van der Waals surface area (Å²) in [5.41, 5.74) is 1.37. The molecular formula is C22H29BrN2O8S2. The van der Waals surface area contributed by atoms with E-state index in [2.05, 4.69) is 15.9 Å². The molecule has 2 aromatic rings. The summed E-state index contributed by atoms with van der Waals surface area (Å²) < 4.78 is 56.4. The van der Waals surface area contributed by atoms with Crippen LogP contribution in [0.4, 0.5) is 0 Å². The highest BCUT2D eigenvalue weighted by Gasteiger charge is 2.19. The summed E-state index contributed by atoms with van der Waals surface area (Å²) in [6.45, 7) is 7.04. The van der Waals surface area contributed by atoms with Crippen molar-refractivity contribution in [2.75, 3.05) is 13.2 Å². The molecule has 0 heterocycles. The van der Waals surface area contributed by atoms with Crippen molar-refractivity contribution in [3.8, 4) is 11.5 Å². The predicted octanol–water partition coefficient (Wildman–Crippen LogP) is 2.49. The Morgan fingerprint density at radius 1 is 0.800 bits per heavy atom. The van der Waals surface area contributed by atoms with E-state index in [9.17, 15) is 26.4 Å². The third kappa shape index (κ3) is 10.1. The number of Topliss-reactive ketones (excluding diaryl/α,β-unsaturated/α-hetero) is 2. The third-order valence-corrected chi connectivity index (χ3v) is 6.85. The van der Waals surface area contributed by atoms with Crippen molar-refractivity contribution in [2.45, 2.75) is 50.3 Å². The van der Waals surface area contributed by atoms with Crippen LogP contribution in [0, 0.1) is 0 Å². The van der Waals surface area contributed by atoms with E-state index in [1.165, 1.54) is 38.1 Å². The van der Waals surface area contributed by atoms with Crippen LogP contribution in [0.25, 0.3) is 0 Å². The first-order valence-electron chi connectivity index (χ1n) is 10.4. The maximum absolute atomic E-state index is 11.4. The molecule has 10 nitrogen and oxygen atoms in total. The normalized spacial score (nSPS) is 11.3. The van der Waals surface area contributed by atoms with E-state index < -0.39 is 20.0 Å². The van der Waals surface area contributed by atoms with Crippen molar-refractivity contribution in [1.29, 1.82) is 0 Å². The van der Waals surface area contributed by atoms with Gasteiger partial charge in [0.1, 0.15) is 32.9 Å². The summed E-state index contributed by atoms with van der Waals surface area (Å²) in [6.07, 6.45) is 0.441. The maximum Gasteiger partial charge on any atom is 0.241 e. The van der Waals surface area contributed by atoms with Crippen LogP contribution >= 0.6 is 15.9 Å². The number of halogens is 1. The molecule has 0 unspecified atom stereocenters. The number of ketones is 2. The first kappa shape index (κ1) is 30.7. The van der Waals surface area contributed by atoms with Gasteiger partial charge in [-0.1, -0.05) is 22.0 Å². The van der Waals surface area contributed by atoms with Crippen LogP contribution in [0.5, 0.6) is 11.5 Å². The van der Waals surface area contributed by atoms with Crippen LogP contribution < -0.4 is 19.8 Å². The number of rotatable bonds is 10. The molecule has 13 heteroatoms. The quantitative estimate of drug-likeness (QED) is 0.423. The van der Waals surface area contributed by atoms with Crippen molar-refractivity contribution in [3.05, 3.63) is 45.9 Å². The minimum absolute atomic E-state index is 0.00389. The van der Waals surface area contributed by atoms with Gasteiger partial charge in [-0.05, 0) is 63.1 Å². The van der Waals surface area contributed by atoms with Gasteiger partial charge in [0, 0.05) is 17.3 Å². The fourth-order valence-corrected chi connectivity index (χ4v) is 4.90. The van der Waals surface area contributed by atoms with E-state index in [-0.39, 0.29) is 45.7 Å². The summed E-state index contributed by atoms with van der Waals surface area (Å²) in [5.74, 6) is 0.325. The monoisotopic (exact) mass is 592 g/mol. The number of primary sulfonamides is 2. The Bertz CT molecular complexity index is 1290. The van der Waals surface area contributed by atoms with Crippen LogP contribution in [-0.4, -0.2) is 41.6 Å². The van der Waals surface area contributed by atoms with Gasteiger partial charge in [0.25, 0.3) is 0 Å². The molecule has 194 valence electrons. The first-order chi connectivity index (χ1) is 16.1. The van der Waals surface area contributed by atoms with Gasteiger partial charge in [-0.2, -0.15) is 0 Å². The Balaban J connectivity index is 0.000000351. The topological polar surface area (TPSA) is 173 Å². The average molecular weight is 594 g/mol. The van der Waals surface area contributed by atoms with Crippen LogP contribution in [0.15, 0.2) is 44.6 Å². The van der Waals surface area contributed by atoms with Gasteiger partial charge in [-0.25, -0.2) is 27.1 Å². The minimum Gasteiger partial charge on any atom is -0.492 e. The molecule has 0 aliphatic heterocycles. The van der Waals surface area contributed by atoms with E-state index in [1.807, 2.05) is 0 Å². The Morgan fingerprint density at radius 2 is 1.29 bits per heavy atom. The van der Waals surface area contributed by atoms with Crippen LogP contribution in [-0.2, 0) is 42.5 Å². The van der Waals surface area contributed by atoms with Gasteiger partial charge < -0.3 is 9.47 Å². The zero-order valence-corrected chi connectivity index (χ0v) is 23.0. The molecule has 0 aliphatic carbocycles. The lowest BCUT2D eigenvalue weighted by molar-refractivity contribution is -0.117. The van der Waals surface area contributed by atoms with Crippen molar-refractivity contribution in [3.63, 3.8) is 0 Å². The molecule has 0 saturated carbocycles. The van der Waals surface area contributed by atoms with E-state index in [1.54, 1.807) is 19.9 Å². The SMILES string of the molecule is CCOc1cc(CC(C)=O)c(Br)cc1S(N)(=O)=O.CCOc1cc(CC(C)=O)ccc1S(N)(=O)=O. The van der Waals surface area contributed by atoms with E-state index in [0.717, 1.165) is 0 Å². The van der Waals surface area contributed by atoms with Gasteiger partial charge >= 0.3 is 0 Å². The zero-order chi connectivity index (χ0) is 27.0. The van der Waals surface area contributed by atoms with Crippen LogP contribution in [0.1, 0.15) is 38.8 Å². The second kappa shape index (κ2) is 13.1. The number of hydrogen-bond acceptors (Lipinski definition) is 8. The highest BCUT2D eigenvalue weighted by molar-refractivity contribution is 9.10. The molecule has 0 atom stereocenters. The number of carbonyl (C=O) groups excluding carboxylic acids is 2. The summed E-state index contributed by atoms with van der Waals surface area (Å²) in [5, 5.41) is 10.2. The smallest absolute Gasteiger partial charge is 0.241 e. The van der Waals surface area contributed by atoms with Crippen molar-refractivity contribution < 1.29 is 35.9 Å². The average Bonchev–Trinajstić information content (AvgIpc) is 2.69. The minimum atomic E-state index is -3.86. The largest absolute Gasteiger partial charge is 0.492 e. The lowest BCUT2D eigenvalue weighted by Crippen LogP contribution is -2.14. The van der Waals surface area contributed by atoms with Crippen LogP contribution in [0.3, 0.4) is 0 Å². The number of nitrogens with two attached hydrogens (primary N) is 2. The Morgan fingerprint density at radius 3 is 1.71 bits per heavy atom. The highest BCUT2D eigenvalue weighted by Crippen LogP contribution is 2.31. The standard InChI is InChI=1S/C11H14BrNO4S.C11H15NO4S/c1-3-17-10-5-8(4-7(2)14)9(12)6-11(10)18(13,15)16;1-3-16-10-7-9(6-8(2)13)4-5-11(10)17(12,14)15/h5-6H,3-4H2,1-2H3,(H2,13,15,16);4-5,7H,3,6H2,1-2H3,(H2,12,14,15). The Kier molecular flexibility index (Phi) is 11.5. The van der Waals surface area contributed by atoms with Gasteiger partial charge in [-0.3, -0.25) is 9.59 Å². The van der Waals surface area contributed by atoms with Gasteiger partial charge in [0.15, 0.2) is 0 Å². The van der Waals surface area contributed by atoms with Gasteiger partial charge in [-0.15, -0.1) is 0 Å². The molecule has 2 aromatic carbocycles. The molecule has 35 heavy (non-hydrogen) atoms. The molecule has 0 radical (unpaired) electrons. The summed E-state index contributed by atoms with van der Waals surface area (Å²) in [7, 11) is -7.67. The van der Waals surface area contributed by atoms with Crippen molar-refractivity contribution >= 4 is 47.5 Å². The fraction of sp³-hybridized carbons (Fsp3) is 0.364. The molecule has 0 fully saturated rings. The third-order valence-electron chi connectivity index (χ3n) is 4.23. The van der Waals surface area contributed by atoms with Crippen molar-refractivity contribution in [2.24, 2.45) is 10.3 Å². The van der Waals surface area contributed by atoms with Gasteiger partial charge in [0.2, 0.25) is 20.0 Å². The summed E-state index contributed by atoms with van der Waals surface area (Å²) in [4.78, 5) is 21.9. The van der Waals surface area contributed by atoms with E-state index >= 15 is 0 Å². The van der Waals surface area contributed by atoms with E-state index in [0.29, 0.717) is 28.8 Å². The molecular weight excluding hydrogens is 564 g/mol. The molecule has 0 saturated heterocycles. The Labute approximate surface area is 214 Å². The number of carbonyl (C=O) groups is 2. The lowest BCUT2D eigenvalue weighted by Gasteiger charge is -2.12. The number of ether oxygens (including phenoxy) is 2. The maximum atomic E-state index is 11.4. The second-order valence-electron chi connectivity index (χ2n) is 7.39. The molecule has 0 spiro atoms.